The summed E-state index contributed by atoms with van der Waals surface area (Å²) < 4.78 is 11.2. The van der Waals surface area contributed by atoms with E-state index in [2.05, 4.69) is 39.8 Å². The first-order chi connectivity index (χ1) is 15.8. The summed E-state index contributed by atoms with van der Waals surface area (Å²) in [6, 6.07) is 5.43. The highest BCUT2D eigenvalue weighted by atomic mass is 16.5. The fourth-order valence-corrected chi connectivity index (χ4v) is 3.93. The van der Waals surface area contributed by atoms with Gasteiger partial charge in [-0.15, -0.1) is 0 Å². The molecule has 1 aromatic carbocycles. The number of carbonyl (C=O) groups excluding carboxylic acids is 1. The third kappa shape index (κ3) is 13.4. The number of phenols is 1. The minimum absolute atomic E-state index is 0.0290. The van der Waals surface area contributed by atoms with Gasteiger partial charge < -0.3 is 14.6 Å². The van der Waals surface area contributed by atoms with Crippen LogP contribution in [0.5, 0.6) is 11.5 Å². The van der Waals surface area contributed by atoms with E-state index in [9.17, 15) is 9.90 Å². The van der Waals surface area contributed by atoms with Gasteiger partial charge in [0.15, 0.2) is 0 Å². The molecule has 1 rings (SSSR count). The zero-order valence-corrected chi connectivity index (χ0v) is 21.8. The van der Waals surface area contributed by atoms with Crippen molar-refractivity contribution in [2.24, 2.45) is 0 Å². The topological polar surface area (TPSA) is 55.8 Å². The number of hydrogen-bond donors (Lipinski definition) is 1. The summed E-state index contributed by atoms with van der Waals surface area (Å²) in [7, 11) is 1.44. The summed E-state index contributed by atoms with van der Waals surface area (Å²) in [5, 5.41) is 9.99. The van der Waals surface area contributed by atoms with Crippen molar-refractivity contribution in [3.05, 3.63) is 35.9 Å². The van der Waals surface area contributed by atoms with E-state index in [0.29, 0.717) is 6.42 Å². The molecule has 0 aliphatic rings. The van der Waals surface area contributed by atoms with Gasteiger partial charge in [0, 0.05) is 12.0 Å². The van der Waals surface area contributed by atoms with Crippen molar-refractivity contribution < 1.29 is 19.4 Å². The van der Waals surface area contributed by atoms with E-state index in [1.807, 2.05) is 12.1 Å². The van der Waals surface area contributed by atoms with Gasteiger partial charge in [0.05, 0.1) is 7.11 Å². The molecule has 188 valence electrons. The minimum atomic E-state index is -0.119. The van der Waals surface area contributed by atoms with Crippen molar-refractivity contribution in [2.45, 2.75) is 123 Å². The van der Waals surface area contributed by atoms with Crippen LogP contribution < -0.4 is 4.74 Å². The van der Waals surface area contributed by atoms with E-state index in [4.69, 9.17) is 9.47 Å². The number of rotatable bonds is 17. The Hall–Kier alpha value is -1.97. The maximum Gasteiger partial charge on any atom is 0.305 e. The average Bonchev–Trinajstić information content (AvgIpc) is 2.77. The number of phenolic OH excluding ortho intramolecular Hbond substituents is 1. The van der Waals surface area contributed by atoms with Crippen molar-refractivity contribution in [3.8, 4) is 11.5 Å². The normalized spacial score (nSPS) is 12.8. The second-order valence-corrected chi connectivity index (χ2v) is 10.1. The van der Waals surface area contributed by atoms with Crippen molar-refractivity contribution in [2.75, 3.05) is 7.11 Å². The summed E-state index contributed by atoms with van der Waals surface area (Å²) in [5.41, 5.74) is 0.921. The molecule has 4 heteroatoms. The van der Waals surface area contributed by atoms with Crippen LogP contribution in [0.15, 0.2) is 30.4 Å². The molecule has 0 aliphatic heterocycles. The SMILES string of the molecule is CCCCCCC/C=C/C(CCCCCCCC(=O)OC)Oc1ccc(O)cc1C(C)(C)C. The molecule has 0 spiro atoms. The predicted octanol–water partition coefficient (Wildman–Crippen LogP) is 8.26. The summed E-state index contributed by atoms with van der Waals surface area (Å²) in [5.74, 6) is 1.02. The Morgan fingerprint density at radius 2 is 1.67 bits per heavy atom. The van der Waals surface area contributed by atoms with Crippen LogP contribution in [0.2, 0.25) is 0 Å². The van der Waals surface area contributed by atoms with Crippen molar-refractivity contribution in [1.29, 1.82) is 0 Å². The third-order valence-corrected chi connectivity index (χ3v) is 5.97. The molecule has 0 amide bonds. The molecule has 0 saturated carbocycles. The van der Waals surface area contributed by atoms with E-state index >= 15 is 0 Å². The number of aromatic hydroxyl groups is 1. The van der Waals surface area contributed by atoms with E-state index in [1.54, 1.807) is 6.07 Å². The van der Waals surface area contributed by atoms with Crippen LogP contribution in [0.3, 0.4) is 0 Å². The number of methoxy groups -OCH3 is 1. The highest BCUT2D eigenvalue weighted by molar-refractivity contribution is 5.68. The van der Waals surface area contributed by atoms with Gasteiger partial charge in [0.2, 0.25) is 0 Å². The quantitative estimate of drug-likeness (QED) is 0.144. The third-order valence-electron chi connectivity index (χ3n) is 5.97. The maximum absolute atomic E-state index is 11.2. The van der Waals surface area contributed by atoms with Crippen LogP contribution in [-0.2, 0) is 14.9 Å². The lowest BCUT2D eigenvalue weighted by molar-refractivity contribution is -0.140. The molecular formula is C29H48O4. The molecule has 4 nitrogen and oxygen atoms in total. The molecule has 1 unspecified atom stereocenters. The first-order valence-corrected chi connectivity index (χ1v) is 13.0. The Morgan fingerprint density at radius 3 is 2.36 bits per heavy atom. The fourth-order valence-electron chi connectivity index (χ4n) is 3.93. The monoisotopic (exact) mass is 460 g/mol. The van der Waals surface area contributed by atoms with Gasteiger partial charge >= 0.3 is 5.97 Å². The second-order valence-electron chi connectivity index (χ2n) is 10.1. The average molecular weight is 461 g/mol. The zero-order chi connectivity index (χ0) is 24.5. The van der Waals surface area contributed by atoms with E-state index in [0.717, 1.165) is 56.3 Å². The van der Waals surface area contributed by atoms with Gasteiger partial charge in [-0.3, -0.25) is 4.79 Å². The van der Waals surface area contributed by atoms with E-state index in [-0.39, 0.29) is 23.2 Å². The first kappa shape index (κ1) is 29.1. The minimum Gasteiger partial charge on any atom is -0.508 e. The molecule has 1 N–H and O–H groups in total. The van der Waals surface area contributed by atoms with Gasteiger partial charge in [-0.1, -0.05) is 78.7 Å². The molecule has 0 bridgehead atoms. The van der Waals surface area contributed by atoms with Gasteiger partial charge in [-0.2, -0.15) is 0 Å². The lowest BCUT2D eigenvalue weighted by atomic mass is 9.86. The van der Waals surface area contributed by atoms with Crippen LogP contribution in [-0.4, -0.2) is 24.3 Å². The Balaban J connectivity index is 2.64. The van der Waals surface area contributed by atoms with Crippen LogP contribution in [0.25, 0.3) is 0 Å². The maximum atomic E-state index is 11.2. The van der Waals surface area contributed by atoms with E-state index in [1.165, 1.54) is 39.2 Å². The largest absolute Gasteiger partial charge is 0.508 e. The molecule has 0 aliphatic carbocycles. The number of carbonyl (C=O) groups is 1. The number of hydrogen-bond acceptors (Lipinski definition) is 4. The van der Waals surface area contributed by atoms with Crippen LogP contribution >= 0.6 is 0 Å². The highest BCUT2D eigenvalue weighted by Crippen LogP contribution is 2.35. The summed E-state index contributed by atoms with van der Waals surface area (Å²) >= 11 is 0. The highest BCUT2D eigenvalue weighted by Gasteiger charge is 2.21. The Bertz CT molecular complexity index is 687. The Labute approximate surface area is 202 Å². The standard InChI is InChI=1S/C29H48O4/c1-6-7-8-9-10-12-15-18-25(19-16-13-11-14-17-20-28(31)32-5)33-27-22-21-24(30)23-26(27)29(2,3)4/h15,18,21-23,25,30H,6-14,16-17,19-20H2,1-5H3/b18-15+. The number of benzene rings is 1. The number of allylic oxidation sites excluding steroid dienone is 1. The molecule has 0 saturated heterocycles. The molecular weight excluding hydrogens is 412 g/mol. The zero-order valence-electron chi connectivity index (χ0n) is 21.8. The van der Waals surface area contributed by atoms with Gasteiger partial charge in [-0.25, -0.2) is 0 Å². The molecule has 1 atom stereocenters. The number of esters is 1. The lowest BCUT2D eigenvalue weighted by Gasteiger charge is -2.25. The van der Waals surface area contributed by atoms with Crippen molar-refractivity contribution in [3.63, 3.8) is 0 Å². The van der Waals surface area contributed by atoms with Gasteiger partial charge in [-0.05, 0) is 61.8 Å². The predicted molar refractivity (Wildman–Crippen MR) is 138 cm³/mol. The smallest absolute Gasteiger partial charge is 0.305 e. The molecule has 0 aromatic heterocycles. The molecule has 0 heterocycles. The summed E-state index contributed by atoms with van der Waals surface area (Å²) in [6.07, 6.45) is 18.9. The Kier molecular flexibility index (Phi) is 14.6. The molecule has 0 fully saturated rings. The lowest BCUT2D eigenvalue weighted by Crippen LogP contribution is -2.18. The number of ether oxygens (including phenoxy) is 2. The molecule has 33 heavy (non-hydrogen) atoms. The van der Waals surface area contributed by atoms with Crippen LogP contribution in [0.4, 0.5) is 0 Å². The van der Waals surface area contributed by atoms with Crippen molar-refractivity contribution >= 4 is 5.97 Å². The van der Waals surface area contributed by atoms with Crippen molar-refractivity contribution in [1.82, 2.24) is 0 Å². The van der Waals surface area contributed by atoms with Crippen LogP contribution in [0.1, 0.15) is 117 Å². The first-order valence-electron chi connectivity index (χ1n) is 13.0. The summed E-state index contributed by atoms with van der Waals surface area (Å²) in [6.45, 7) is 8.68. The summed E-state index contributed by atoms with van der Waals surface area (Å²) in [4.78, 5) is 11.2. The molecule has 0 radical (unpaired) electrons. The second kappa shape index (κ2) is 16.6. The number of unbranched alkanes of at least 4 members (excludes halogenated alkanes) is 9. The van der Waals surface area contributed by atoms with Gasteiger partial charge in [0.1, 0.15) is 17.6 Å². The fraction of sp³-hybridized carbons (Fsp3) is 0.690. The van der Waals surface area contributed by atoms with Gasteiger partial charge in [0.25, 0.3) is 0 Å². The Morgan fingerprint density at radius 1 is 1.00 bits per heavy atom. The molecule has 1 aromatic rings. The van der Waals surface area contributed by atoms with Crippen LogP contribution in [0, 0.1) is 0 Å². The van der Waals surface area contributed by atoms with E-state index < -0.39 is 0 Å².